The maximum atomic E-state index is 10.2. The zero-order chi connectivity index (χ0) is 14.9. The van der Waals surface area contributed by atoms with Gasteiger partial charge in [-0.3, -0.25) is 0 Å². The molecule has 0 saturated heterocycles. The number of carbonyl (C=O) groups excluding carboxylic acids is 1. The first kappa shape index (κ1) is 23.0. The van der Waals surface area contributed by atoms with E-state index in [4.69, 9.17) is 0 Å². The first-order chi connectivity index (χ1) is 9.77. The van der Waals surface area contributed by atoms with Crippen LogP contribution < -0.4 is 34.7 Å². The Hall–Kier alpha value is -0.310. The summed E-state index contributed by atoms with van der Waals surface area (Å²) in [5.41, 5.74) is 0. The quantitative estimate of drug-likeness (QED) is 0.292. The van der Waals surface area contributed by atoms with Crippen LogP contribution >= 0.6 is 0 Å². The van der Waals surface area contributed by atoms with Crippen molar-refractivity contribution in [2.45, 2.75) is 71.1 Å². The summed E-state index contributed by atoms with van der Waals surface area (Å²) in [6.45, 7) is 2.15. The molecule has 0 aliphatic rings. The van der Waals surface area contributed by atoms with E-state index in [9.17, 15) is 9.90 Å². The number of carbonyl (C=O) groups is 1. The van der Waals surface area contributed by atoms with Crippen molar-refractivity contribution in [1.29, 1.82) is 0 Å². The number of unbranched alkanes of at least 4 members (excludes halogenated alkanes) is 5. The van der Waals surface area contributed by atoms with Crippen LogP contribution in [0.15, 0.2) is 36.5 Å². The number of carboxylic acid groups (broad SMARTS) is 1. The van der Waals surface area contributed by atoms with E-state index in [1.807, 2.05) is 0 Å². The molecule has 0 bridgehead atoms. The monoisotopic (exact) mass is 300 g/mol. The van der Waals surface area contributed by atoms with Gasteiger partial charge in [-0.05, 0) is 44.9 Å². The molecule has 0 aliphatic carbocycles. The Balaban J connectivity index is 0. The Bertz CT molecular complexity index is 306. The van der Waals surface area contributed by atoms with Crippen LogP contribution in [0.25, 0.3) is 0 Å². The number of hydrogen-bond donors (Lipinski definition) is 0. The van der Waals surface area contributed by atoms with Crippen molar-refractivity contribution in [3.8, 4) is 0 Å². The van der Waals surface area contributed by atoms with Crippen LogP contribution in [0.2, 0.25) is 0 Å². The maximum Gasteiger partial charge on any atom is 1.00 e. The number of carboxylic acids is 1. The molecule has 0 heterocycles. The summed E-state index contributed by atoms with van der Waals surface area (Å²) < 4.78 is 0. The van der Waals surface area contributed by atoms with E-state index in [1.165, 1.54) is 12.8 Å². The van der Waals surface area contributed by atoms with Gasteiger partial charge in [-0.15, -0.1) is 0 Å². The average Bonchev–Trinajstić information content (AvgIpc) is 2.43. The largest absolute Gasteiger partial charge is 1.00 e. The number of hydrogen-bond acceptors (Lipinski definition) is 2. The maximum absolute atomic E-state index is 10.2. The molecule has 0 aromatic carbocycles. The molecule has 0 N–H and O–H groups in total. The molecule has 3 heteroatoms. The summed E-state index contributed by atoms with van der Waals surface area (Å²) in [7, 11) is 0. The van der Waals surface area contributed by atoms with Gasteiger partial charge in [0.2, 0.25) is 0 Å². The van der Waals surface area contributed by atoms with E-state index < -0.39 is 5.97 Å². The molecular formula is C18H29NaO2. The fraction of sp³-hybridized carbons (Fsp3) is 0.611. The molecular weight excluding hydrogens is 271 g/mol. The standard InChI is InChI=1S/C18H30O2.Na/c1-2-3-4-5-6-7-8-9-10-11-12-13-14-15-16-17-18(19)20;/h3-4,6-7,9-10H,2,5,8,11-17H2,1H3,(H,19,20);/q;+1/p-1/b4-3-,7-6-,10-9-;. The van der Waals surface area contributed by atoms with Crippen molar-refractivity contribution in [3.05, 3.63) is 36.5 Å². The SMILES string of the molecule is CC/C=C\C/C=C\C/C=C\CCCCCCCC(=O)[O-].[Na+]. The molecule has 0 aromatic heterocycles. The van der Waals surface area contributed by atoms with Crippen molar-refractivity contribution >= 4 is 5.97 Å². The van der Waals surface area contributed by atoms with E-state index >= 15 is 0 Å². The van der Waals surface area contributed by atoms with Crippen LogP contribution in [0.1, 0.15) is 71.1 Å². The fourth-order valence-corrected chi connectivity index (χ4v) is 1.89. The molecule has 0 aliphatic heterocycles. The molecule has 0 fully saturated rings. The average molecular weight is 300 g/mol. The van der Waals surface area contributed by atoms with Gasteiger partial charge in [0.05, 0.1) is 0 Å². The summed E-state index contributed by atoms with van der Waals surface area (Å²) in [6.07, 6.45) is 23.0. The van der Waals surface area contributed by atoms with E-state index in [2.05, 4.69) is 43.4 Å². The van der Waals surface area contributed by atoms with Crippen LogP contribution in [-0.4, -0.2) is 5.97 Å². The summed E-state index contributed by atoms with van der Waals surface area (Å²) in [5.74, 6) is -0.925. The number of aliphatic carboxylic acids is 1. The van der Waals surface area contributed by atoms with Crippen molar-refractivity contribution in [2.75, 3.05) is 0 Å². The number of allylic oxidation sites excluding steroid dienone is 6. The van der Waals surface area contributed by atoms with Crippen LogP contribution in [0.5, 0.6) is 0 Å². The molecule has 0 atom stereocenters. The zero-order valence-corrected chi connectivity index (χ0v) is 15.9. The minimum atomic E-state index is -0.925. The van der Waals surface area contributed by atoms with Gasteiger partial charge < -0.3 is 9.90 Å². The van der Waals surface area contributed by atoms with E-state index in [0.717, 1.165) is 44.9 Å². The van der Waals surface area contributed by atoms with E-state index in [-0.39, 0.29) is 36.0 Å². The third kappa shape index (κ3) is 22.1. The molecule has 0 unspecified atom stereocenters. The Kier molecular flexibility index (Phi) is 21.5. The van der Waals surface area contributed by atoms with Gasteiger partial charge in [0.1, 0.15) is 0 Å². The molecule has 0 aromatic rings. The molecule has 21 heavy (non-hydrogen) atoms. The van der Waals surface area contributed by atoms with E-state index in [0.29, 0.717) is 0 Å². The second kappa shape index (κ2) is 19.7. The van der Waals surface area contributed by atoms with Crippen molar-refractivity contribution in [1.82, 2.24) is 0 Å². The summed E-state index contributed by atoms with van der Waals surface area (Å²) in [4.78, 5) is 10.2. The van der Waals surface area contributed by atoms with E-state index in [1.54, 1.807) is 0 Å². The molecule has 0 amide bonds. The van der Waals surface area contributed by atoms with Crippen molar-refractivity contribution < 1.29 is 39.5 Å². The third-order valence-electron chi connectivity index (χ3n) is 3.03. The van der Waals surface area contributed by atoms with Crippen LogP contribution in [0.3, 0.4) is 0 Å². The predicted molar refractivity (Wildman–Crippen MR) is 84.3 cm³/mol. The van der Waals surface area contributed by atoms with Crippen LogP contribution in [0, 0.1) is 0 Å². The minimum Gasteiger partial charge on any atom is -0.550 e. The topological polar surface area (TPSA) is 40.1 Å². The fourth-order valence-electron chi connectivity index (χ4n) is 1.89. The second-order valence-electron chi connectivity index (χ2n) is 4.97. The Morgan fingerprint density at radius 3 is 1.95 bits per heavy atom. The van der Waals surface area contributed by atoms with Gasteiger partial charge in [-0.25, -0.2) is 0 Å². The number of rotatable bonds is 13. The summed E-state index contributed by atoms with van der Waals surface area (Å²) in [6, 6.07) is 0. The van der Waals surface area contributed by atoms with Gasteiger partial charge in [0.15, 0.2) is 0 Å². The van der Waals surface area contributed by atoms with Crippen LogP contribution in [0.4, 0.5) is 0 Å². The Morgan fingerprint density at radius 1 is 0.810 bits per heavy atom. The third-order valence-corrected chi connectivity index (χ3v) is 3.03. The van der Waals surface area contributed by atoms with Gasteiger partial charge in [0.25, 0.3) is 0 Å². The molecule has 0 saturated carbocycles. The molecule has 0 radical (unpaired) electrons. The van der Waals surface area contributed by atoms with Gasteiger partial charge >= 0.3 is 29.6 Å². The Labute approximate surface area is 152 Å². The van der Waals surface area contributed by atoms with Crippen molar-refractivity contribution in [2.24, 2.45) is 0 Å². The van der Waals surface area contributed by atoms with Gasteiger partial charge in [0, 0.05) is 5.97 Å². The summed E-state index contributed by atoms with van der Waals surface area (Å²) >= 11 is 0. The molecule has 0 spiro atoms. The van der Waals surface area contributed by atoms with Crippen molar-refractivity contribution in [3.63, 3.8) is 0 Å². The minimum absolute atomic E-state index is 0. The van der Waals surface area contributed by atoms with Gasteiger partial charge in [-0.2, -0.15) is 0 Å². The molecule has 2 nitrogen and oxygen atoms in total. The predicted octanol–water partition coefficient (Wildman–Crippen LogP) is 1.33. The Morgan fingerprint density at radius 2 is 1.33 bits per heavy atom. The smallest absolute Gasteiger partial charge is 0.550 e. The summed E-state index contributed by atoms with van der Waals surface area (Å²) in [5, 5.41) is 10.2. The molecule has 114 valence electrons. The zero-order valence-electron chi connectivity index (χ0n) is 13.9. The first-order valence-electron chi connectivity index (χ1n) is 7.92. The van der Waals surface area contributed by atoms with Gasteiger partial charge in [-0.1, -0.05) is 62.6 Å². The molecule has 0 rings (SSSR count). The van der Waals surface area contributed by atoms with Crippen LogP contribution in [-0.2, 0) is 4.79 Å². The normalized spacial score (nSPS) is 11.5. The second-order valence-corrected chi connectivity index (χ2v) is 4.97. The first-order valence-corrected chi connectivity index (χ1v) is 7.92.